The molecule has 1 rings (SSSR count). The zero-order chi connectivity index (χ0) is 13.4. The van der Waals surface area contributed by atoms with Crippen molar-refractivity contribution in [2.45, 2.75) is 33.0 Å². The molecule has 0 aliphatic carbocycles. The van der Waals surface area contributed by atoms with Gasteiger partial charge in [0.1, 0.15) is 5.82 Å². The molecule has 1 aromatic rings. The first kappa shape index (κ1) is 17.2. The van der Waals surface area contributed by atoms with Crippen LogP contribution < -0.4 is 5.73 Å². The van der Waals surface area contributed by atoms with E-state index >= 15 is 0 Å². The first-order valence-corrected chi connectivity index (χ1v) is 5.15. The van der Waals surface area contributed by atoms with Crippen LogP contribution in [0.4, 0.5) is 17.6 Å². The van der Waals surface area contributed by atoms with Gasteiger partial charge in [-0.15, -0.1) is 12.4 Å². The van der Waals surface area contributed by atoms with Crippen LogP contribution in [0.3, 0.4) is 0 Å². The van der Waals surface area contributed by atoms with Crippen molar-refractivity contribution >= 4 is 12.4 Å². The van der Waals surface area contributed by atoms with Crippen LogP contribution in [0.2, 0.25) is 0 Å². The first-order valence-electron chi connectivity index (χ1n) is 5.15. The molecular formula is C12H16ClF4N. The van der Waals surface area contributed by atoms with Gasteiger partial charge in [-0.3, -0.25) is 0 Å². The van der Waals surface area contributed by atoms with E-state index in [2.05, 4.69) is 0 Å². The highest BCUT2D eigenvalue weighted by Crippen LogP contribution is 2.39. The summed E-state index contributed by atoms with van der Waals surface area (Å²) in [5.74, 6) is -0.715. The number of alkyl halides is 3. The molecule has 0 heterocycles. The van der Waals surface area contributed by atoms with Gasteiger partial charge >= 0.3 is 6.18 Å². The fourth-order valence-electron chi connectivity index (χ4n) is 1.52. The Kier molecular flexibility index (Phi) is 5.20. The largest absolute Gasteiger partial charge is 0.416 e. The molecule has 0 saturated heterocycles. The molecule has 6 heteroatoms. The van der Waals surface area contributed by atoms with E-state index in [1.54, 1.807) is 20.8 Å². The molecule has 0 amide bonds. The zero-order valence-corrected chi connectivity index (χ0v) is 11.1. The minimum atomic E-state index is -4.52. The van der Waals surface area contributed by atoms with E-state index in [4.69, 9.17) is 5.73 Å². The maximum Gasteiger partial charge on any atom is 0.416 e. The van der Waals surface area contributed by atoms with Crippen molar-refractivity contribution in [2.75, 3.05) is 0 Å². The molecule has 18 heavy (non-hydrogen) atoms. The fraction of sp³-hybridized carbons (Fsp3) is 0.500. The minimum Gasteiger partial charge on any atom is -0.323 e. The van der Waals surface area contributed by atoms with E-state index in [0.29, 0.717) is 0 Å². The molecule has 0 aromatic heterocycles. The lowest BCUT2D eigenvalue weighted by atomic mass is 9.81. The van der Waals surface area contributed by atoms with Crippen molar-refractivity contribution in [2.24, 2.45) is 11.1 Å². The van der Waals surface area contributed by atoms with Crippen LogP contribution in [0.5, 0.6) is 0 Å². The van der Waals surface area contributed by atoms with Gasteiger partial charge in [-0.25, -0.2) is 4.39 Å². The lowest BCUT2D eigenvalue weighted by Crippen LogP contribution is -2.29. The van der Waals surface area contributed by atoms with Gasteiger partial charge in [-0.2, -0.15) is 13.2 Å². The number of hydrogen-bond donors (Lipinski definition) is 1. The Labute approximate surface area is 110 Å². The smallest absolute Gasteiger partial charge is 0.323 e. The van der Waals surface area contributed by atoms with E-state index in [1.165, 1.54) is 0 Å². The van der Waals surface area contributed by atoms with Crippen LogP contribution in [-0.2, 0) is 6.18 Å². The Morgan fingerprint density at radius 2 is 1.61 bits per heavy atom. The van der Waals surface area contributed by atoms with Gasteiger partial charge in [0.15, 0.2) is 0 Å². The number of benzene rings is 1. The summed E-state index contributed by atoms with van der Waals surface area (Å²) in [6.07, 6.45) is -4.52. The molecule has 1 aromatic carbocycles. The Balaban J connectivity index is 0.00000289. The molecule has 104 valence electrons. The van der Waals surface area contributed by atoms with Gasteiger partial charge < -0.3 is 5.73 Å². The average molecular weight is 286 g/mol. The maximum absolute atomic E-state index is 13.1. The van der Waals surface area contributed by atoms with E-state index in [0.717, 1.165) is 18.2 Å². The van der Waals surface area contributed by atoms with Crippen LogP contribution in [0.1, 0.15) is 37.9 Å². The molecule has 0 fully saturated rings. The second kappa shape index (κ2) is 5.45. The van der Waals surface area contributed by atoms with E-state index in [1.807, 2.05) is 0 Å². The van der Waals surface area contributed by atoms with Crippen LogP contribution >= 0.6 is 12.4 Å². The Morgan fingerprint density at radius 1 is 1.11 bits per heavy atom. The number of halogens is 5. The molecule has 0 radical (unpaired) electrons. The van der Waals surface area contributed by atoms with Crippen molar-refractivity contribution in [3.8, 4) is 0 Å². The minimum absolute atomic E-state index is 0. The molecule has 2 N–H and O–H groups in total. The van der Waals surface area contributed by atoms with Crippen LogP contribution in [0.15, 0.2) is 18.2 Å². The SMILES string of the molecule is CC(C)(C)[C@H](N)c1cc(F)ccc1C(F)(F)F.Cl. The van der Waals surface area contributed by atoms with Crippen molar-refractivity contribution in [3.05, 3.63) is 35.1 Å². The molecule has 0 spiro atoms. The quantitative estimate of drug-likeness (QED) is 0.765. The summed E-state index contributed by atoms with van der Waals surface area (Å²) >= 11 is 0. The summed E-state index contributed by atoms with van der Waals surface area (Å²) in [4.78, 5) is 0. The van der Waals surface area contributed by atoms with Gasteiger partial charge in [0.05, 0.1) is 5.56 Å². The summed E-state index contributed by atoms with van der Waals surface area (Å²) in [6, 6.07) is 1.51. The van der Waals surface area contributed by atoms with E-state index in [-0.39, 0.29) is 18.0 Å². The predicted octanol–water partition coefficient (Wildman–Crippen LogP) is 4.31. The van der Waals surface area contributed by atoms with Crippen LogP contribution in [0.25, 0.3) is 0 Å². The summed E-state index contributed by atoms with van der Waals surface area (Å²) in [7, 11) is 0. The normalized spacial score (nSPS) is 14.0. The highest BCUT2D eigenvalue weighted by atomic mass is 35.5. The van der Waals surface area contributed by atoms with Gasteiger partial charge in [0.25, 0.3) is 0 Å². The zero-order valence-electron chi connectivity index (χ0n) is 10.3. The number of nitrogens with two attached hydrogens (primary N) is 1. The molecule has 1 nitrogen and oxygen atoms in total. The monoisotopic (exact) mass is 285 g/mol. The standard InChI is InChI=1S/C12H15F4N.ClH/c1-11(2,3)10(17)8-6-7(13)4-5-9(8)12(14,15)16;/h4-6,10H,17H2,1-3H3;1H/t10-;/m1./s1. The highest BCUT2D eigenvalue weighted by Gasteiger charge is 2.37. The van der Waals surface area contributed by atoms with Crippen molar-refractivity contribution < 1.29 is 17.6 Å². The lowest BCUT2D eigenvalue weighted by molar-refractivity contribution is -0.138. The van der Waals surface area contributed by atoms with E-state index in [9.17, 15) is 17.6 Å². The Hall–Kier alpha value is -0.810. The lowest BCUT2D eigenvalue weighted by Gasteiger charge is -2.29. The van der Waals surface area contributed by atoms with Crippen molar-refractivity contribution in [3.63, 3.8) is 0 Å². The molecule has 0 aliphatic rings. The summed E-state index contributed by atoms with van der Waals surface area (Å²) < 4.78 is 51.3. The Morgan fingerprint density at radius 3 is 2.00 bits per heavy atom. The molecule has 0 unspecified atom stereocenters. The Bertz CT molecular complexity index is 410. The van der Waals surface area contributed by atoms with E-state index < -0.39 is 29.0 Å². The highest BCUT2D eigenvalue weighted by molar-refractivity contribution is 5.85. The molecule has 0 bridgehead atoms. The third kappa shape index (κ3) is 3.85. The molecule has 0 saturated carbocycles. The first-order chi connectivity index (χ1) is 7.53. The number of hydrogen-bond acceptors (Lipinski definition) is 1. The molecular weight excluding hydrogens is 270 g/mol. The predicted molar refractivity (Wildman–Crippen MR) is 65.0 cm³/mol. The summed E-state index contributed by atoms with van der Waals surface area (Å²) in [6.45, 7) is 5.13. The van der Waals surface area contributed by atoms with Crippen molar-refractivity contribution in [1.29, 1.82) is 0 Å². The van der Waals surface area contributed by atoms with Crippen LogP contribution in [0, 0.1) is 11.2 Å². The third-order valence-electron chi connectivity index (χ3n) is 2.59. The average Bonchev–Trinajstić information content (AvgIpc) is 2.13. The third-order valence-corrected chi connectivity index (χ3v) is 2.59. The summed E-state index contributed by atoms with van der Waals surface area (Å²) in [5, 5.41) is 0. The fourth-order valence-corrected chi connectivity index (χ4v) is 1.52. The molecule has 1 atom stereocenters. The second-order valence-electron chi connectivity index (χ2n) is 5.07. The summed E-state index contributed by atoms with van der Waals surface area (Å²) in [5.41, 5.74) is 4.12. The van der Waals surface area contributed by atoms with Gasteiger partial charge in [0, 0.05) is 6.04 Å². The number of rotatable bonds is 1. The van der Waals surface area contributed by atoms with Gasteiger partial charge in [0.2, 0.25) is 0 Å². The van der Waals surface area contributed by atoms with Gasteiger partial charge in [-0.1, -0.05) is 20.8 Å². The second-order valence-corrected chi connectivity index (χ2v) is 5.07. The maximum atomic E-state index is 13.1. The van der Waals surface area contributed by atoms with Gasteiger partial charge in [-0.05, 0) is 29.2 Å². The topological polar surface area (TPSA) is 26.0 Å². The van der Waals surface area contributed by atoms with Crippen LogP contribution in [-0.4, -0.2) is 0 Å². The molecule has 0 aliphatic heterocycles. The van der Waals surface area contributed by atoms with Crippen molar-refractivity contribution in [1.82, 2.24) is 0 Å².